The molecule has 2 aliphatic carbocycles. The van der Waals surface area contributed by atoms with Crippen molar-refractivity contribution in [2.75, 3.05) is 25.5 Å². The van der Waals surface area contributed by atoms with E-state index in [1.54, 1.807) is 0 Å². The molecule has 7 nitrogen and oxygen atoms in total. The molecule has 7 heteroatoms. The van der Waals surface area contributed by atoms with Gasteiger partial charge in [-0.05, 0) is 36.5 Å². The number of hydrogen-bond donors (Lipinski definition) is 3. The summed E-state index contributed by atoms with van der Waals surface area (Å²) >= 11 is 0. The number of anilines is 1. The van der Waals surface area contributed by atoms with Gasteiger partial charge in [-0.25, -0.2) is 4.79 Å². The molecule has 4 rings (SSSR count). The van der Waals surface area contributed by atoms with E-state index in [0.29, 0.717) is 31.1 Å². The molecule has 0 aromatic carbocycles. The van der Waals surface area contributed by atoms with Crippen molar-refractivity contribution in [2.24, 2.45) is 16.3 Å². The van der Waals surface area contributed by atoms with Gasteiger partial charge in [-0.1, -0.05) is 51.2 Å². The first-order valence-corrected chi connectivity index (χ1v) is 11.8. The summed E-state index contributed by atoms with van der Waals surface area (Å²) in [6.07, 6.45) is 11.6. The Morgan fingerprint density at radius 1 is 1.29 bits per heavy atom. The SMILES string of the molecule is COC(=O)c1cc2c([nH]1)NCC(=NCC1=C(C)C=CC(NC(=O)C3=CC=CC(C)C3)C1(C)C)C2. The number of H-pyrrole nitrogens is 1. The van der Waals surface area contributed by atoms with Gasteiger partial charge in [-0.3, -0.25) is 9.79 Å². The molecule has 3 aliphatic rings. The third-order valence-corrected chi connectivity index (χ3v) is 7.06. The lowest BCUT2D eigenvalue weighted by molar-refractivity contribution is -0.118. The molecule has 0 saturated heterocycles. The highest BCUT2D eigenvalue weighted by atomic mass is 16.5. The number of methoxy groups -OCH3 is 1. The molecule has 34 heavy (non-hydrogen) atoms. The van der Waals surface area contributed by atoms with E-state index in [2.05, 4.69) is 61.5 Å². The molecular weight excluding hydrogens is 428 g/mol. The molecule has 1 aromatic heterocycles. The van der Waals surface area contributed by atoms with Crippen molar-refractivity contribution < 1.29 is 14.3 Å². The molecule has 2 heterocycles. The first-order chi connectivity index (χ1) is 16.2. The van der Waals surface area contributed by atoms with Crippen LogP contribution in [-0.2, 0) is 16.0 Å². The number of amides is 1. The monoisotopic (exact) mass is 462 g/mol. The van der Waals surface area contributed by atoms with Crippen molar-refractivity contribution in [3.63, 3.8) is 0 Å². The van der Waals surface area contributed by atoms with Crippen LogP contribution >= 0.6 is 0 Å². The summed E-state index contributed by atoms with van der Waals surface area (Å²) < 4.78 is 4.81. The largest absolute Gasteiger partial charge is 0.464 e. The summed E-state index contributed by atoms with van der Waals surface area (Å²) in [5.41, 5.74) is 5.44. The summed E-state index contributed by atoms with van der Waals surface area (Å²) in [5.74, 6) is 0.845. The van der Waals surface area contributed by atoms with Crippen LogP contribution in [-0.4, -0.2) is 48.8 Å². The van der Waals surface area contributed by atoms with E-state index in [1.807, 2.05) is 18.2 Å². The predicted octanol–water partition coefficient (Wildman–Crippen LogP) is 4.13. The van der Waals surface area contributed by atoms with Crippen LogP contribution < -0.4 is 10.6 Å². The van der Waals surface area contributed by atoms with Gasteiger partial charge in [0.25, 0.3) is 0 Å². The van der Waals surface area contributed by atoms with Gasteiger partial charge >= 0.3 is 5.97 Å². The molecule has 0 radical (unpaired) electrons. The smallest absolute Gasteiger partial charge is 0.354 e. The fourth-order valence-electron chi connectivity index (χ4n) is 4.87. The average molecular weight is 463 g/mol. The molecule has 1 amide bonds. The molecule has 1 aromatic rings. The number of nitrogens with zero attached hydrogens (tertiary/aromatic N) is 1. The van der Waals surface area contributed by atoms with Crippen molar-refractivity contribution in [3.8, 4) is 0 Å². The van der Waals surface area contributed by atoms with Gasteiger partial charge in [0, 0.05) is 28.7 Å². The maximum absolute atomic E-state index is 12.9. The third-order valence-electron chi connectivity index (χ3n) is 7.06. The Morgan fingerprint density at radius 3 is 2.82 bits per heavy atom. The molecule has 2 unspecified atom stereocenters. The number of aromatic nitrogens is 1. The van der Waals surface area contributed by atoms with E-state index in [-0.39, 0.29) is 23.3 Å². The Hall–Kier alpha value is -3.35. The number of nitrogens with one attached hydrogen (secondary N) is 3. The Morgan fingerprint density at radius 2 is 2.09 bits per heavy atom. The van der Waals surface area contributed by atoms with Gasteiger partial charge < -0.3 is 20.4 Å². The number of fused-ring (bicyclic) bond motifs is 1. The maximum atomic E-state index is 12.9. The average Bonchev–Trinajstić information content (AvgIpc) is 3.23. The molecule has 1 aliphatic heterocycles. The van der Waals surface area contributed by atoms with Gasteiger partial charge in [0.15, 0.2) is 0 Å². The highest BCUT2D eigenvalue weighted by Gasteiger charge is 2.36. The van der Waals surface area contributed by atoms with Crippen LogP contribution in [0.5, 0.6) is 0 Å². The number of aromatic amines is 1. The standard InChI is InChI=1S/C27H34N4O3/c1-16-7-6-8-18(11-16)25(32)31-23-10-9-17(2)21(27(23,3)4)15-28-20-12-19-13-22(26(33)34-5)30-24(19)29-14-20/h6-10,13,16,23,29-30H,11-12,14-15H2,1-5H3,(H,31,32). The van der Waals surface area contributed by atoms with Crippen LogP contribution in [0.2, 0.25) is 0 Å². The fraction of sp³-hybridized carbons (Fsp3) is 0.444. The first-order valence-electron chi connectivity index (χ1n) is 11.8. The Kier molecular flexibility index (Phi) is 6.64. The van der Waals surface area contributed by atoms with Gasteiger partial charge in [0.2, 0.25) is 5.91 Å². The molecule has 0 fully saturated rings. The van der Waals surface area contributed by atoms with Crippen molar-refractivity contribution in [1.29, 1.82) is 0 Å². The zero-order valence-electron chi connectivity index (χ0n) is 20.6. The Bertz CT molecular complexity index is 1150. The van der Waals surface area contributed by atoms with Crippen LogP contribution in [0.4, 0.5) is 5.82 Å². The molecule has 180 valence electrons. The topological polar surface area (TPSA) is 95.6 Å². The summed E-state index contributed by atoms with van der Waals surface area (Å²) in [6.45, 7) is 9.76. The third kappa shape index (κ3) is 4.79. The summed E-state index contributed by atoms with van der Waals surface area (Å²) in [7, 11) is 1.37. The van der Waals surface area contributed by atoms with Crippen molar-refractivity contribution in [1.82, 2.24) is 10.3 Å². The van der Waals surface area contributed by atoms with Crippen LogP contribution in [0.25, 0.3) is 0 Å². The minimum atomic E-state index is -0.381. The van der Waals surface area contributed by atoms with E-state index in [9.17, 15) is 9.59 Å². The minimum absolute atomic E-state index is 0.00187. The highest BCUT2D eigenvalue weighted by molar-refractivity contribution is 5.96. The zero-order chi connectivity index (χ0) is 24.5. The van der Waals surface area contributed by atoms with E-state index in [1.165, 1.54) is 18.3 Å². The summed E-state index contributed by atoms with van der Waals surface area (Å²) in [5, 5.41) is 6.56. The number of carbonyl (C=O) groups excluding carboxylic acids is 2. The fourth-order valence-corrected chi connectivity index (χ4v) is 4.87. The first kappa shape index (κ1) is 23.8. The van der Waals surface area contributed by atoms with Crippen molar-refractivity contribution in [3.05, 3.63) is 64.4 Å². The van der Waals surface area contributed by atoms with Crippen LogP contribution in [0.3, 0.4) is 0 Å². The highest BCUT2D eigenvalue weighted by Crippen LogP contribution is 2.38. The van der Waals surface area contributed by atoms with E-state index in [4.69, 9.17) is 9.73 Å². The van der Waals surface area contributed by atoms with Crippen LogP contribution in [0, 0.1) is 11.3 Å². The molecule has 2 atom stereocenters. The summed E-state index contributed by atoms with van der Waals surface area (Å²) in [6, 6.07) is 1.71. The molecule has 3 N–H and O–H groups in total. The lowest BCUT2D eigenvalue weighted by Gasteiger charge is -2.39. The van der Waals surface area contributed by atoms with E-state index in [0.717, 1.165) is 29.1 Å². The van der Waals surface area contributed by atoms with E-state index >= 15 is 0 Å². The zero-order valence-corrected chi connectivity index (χ0v) is 20.6. The lowest BCUT2D eigenvalue weighted by atomic mass is 9.72. The Balaban J connectivity index is 1.46. The van der Waals surface area contributed by atoms with Gasteiger partial charge in [0.05, 0.1) is 26.2 Å². The second-order valence-electron chi connectivity index (χ2n) is 9.94. The van der Waals surface area contributed by atoms with Crippen molar-refractivity contribution in [2.45, 2.75) is 46.6 Å². The van der Waals surface area contributed by atoms with Gasteiger partial charge in [-0.15, -0.1) is 0 Å². The lowest BCUT2D eigenvalue weighted by Crippen LogP contribution is -2.47. The number of aliphatic imine (C=N–C) groups is 1. The quantitative estimate of drug-likeness (QED) is 0.574. The van der Waals surface area contributed by atoms with Gasteiger partial charge in [-0.2, -0.15) is 0 Å². The number of allylic oxidation sites excluding steroid dienone is 5. The maximum Gasteiger partial charge on any atom is 0.354 e. The molecule has 0 spiro atoms. The summed E-state index contributed by atoms with van der Waals surface area (Å²) in [4.78, 5) is 32.8. The second-order valence-corrected chi connectivity index (χ2v) is 9.94. The molecule has 0 saturated carbocycles. The normalized spacial score (nSPS) is 24.4. The van der Waals surface area contributed by atoms with Crippen LogP contribution in [0.1, 0.15) is 50.2 Å². The van der Waals surface area contributed by atoms with Gasteiger partial charge in [0.1, 0.15) is 11.5 Å². The van der Waals surface area contributed by atoms with E-state index < -0.39 is 0 Å². The number of ether oxygens (including phenoxy) is 1. The Labute approximate surface area is 201 Å². The minimum Gasteiger partial charge on any atom is -0.464 e. The van der Waals surface area contributed by atoms with Crippen LogP contribution in [0.15, 0.2) is 58.2 Å². The molecule has 0 bridgehead atoms. The van der Waals surface area contributed by atoms with Crippen molar-refractivity contribution >= 4 is 23.4 Å². The number of esters is 1. The number of hydrogen-bond acceptors (Lipinski definition) is 5. The second kappa shape index (κ2) is 9.49. The number of carbonyl (C=O) groups is 2. The number of rotatable bonds is 5. The predicted molar refractivity (Wildman–Crippen MR) is 135 cm³/mol. The molecular formula is C27H34N4O3.